The van der Waals surface area contributed by atoms with E-state index in [9.17, 15) is 4.39 Å². The lowest BCUT2D eigenvalue weighted by Gasteiger charge is -2.16. The maximum absolute atomic E-state index is 13.4. The average Bonchev–Trinajstić information content (AvgIpc) is 2.42. The first-order chi connectivity index (χ1) is 9.51. The van der Waals surface area contributed by atoms with Gasteiger partial charge in [0.2, 0.25) is 0 Å². The molecule has 20 heavy (non-hydrogen) atoms. The van der Waals surface area contributed by atoms with E-state index in [4.69, 9.17) is 22.1 Å². The minimum absolute atomic E-state index is 0.121. The van der Waals surface area contributed by atoms with Crippen molar-refractivity contribution in [3.8, 4) is 5.75 Å². The van der Waals surface area contributed by atoms with Gasteiger partial charge in [0.25, 0.3) is 0 Å². The summed E-state index contributed by atoms with van der Waals surface area (Å²) in [6, 6.07) is 10.4. The zero-order valence-corrected chi connectivity index (χ0v) is 12.2. The summed E-state index contributed by atoms with van der Waals surface area (Å²) in [5.41, 5.74) is 9.03. The maximum Gasteiger partial charge on any atom is 0.142 e. The van der Waals surface area contributed by atoms with Crippen LogP contribution in [-0.4, -0.2) is 7.11 Å². The van der Waals surface area contributed by atoms with Crippen LogP contribution in [0.25, 0.3) is 0 Å². The maximum atomic E-state index is 13.4. The first kappa shape index (κ1) is 14.8. The molecule has 0 saturated heterocycles. The van der Waals surface area contributed by atoms with E-state index in [0.29, 0.717) is 6.42 Å². The lowest BCUT2D eigenvalue weighted by atomic mass is 9.98. The largest absolute Gasteiger partial charge is 0.496 e. The topological polar surface area (TPSA) is 35.2 Å². The molecule has 0 aliphatic carbocycles. The average molecular weight is 294 g/mol. The predicted octanol–water partition coefficient (Wildman–Crippen LogP) is 4.04. The van der Waals surface area contributed by atoms with Crippen LogP contribution in [0.2, 0.25) is 5.02 Å². The van der Waals surface area contributed by atoms with Crippen LogP contribution in [0.4, 0.5) is 4.39 Å². The summed E-state index contributed by atoms with van der Waals surface area (Å²) >= 11 is 5.67. The summed E-state index contributed by atoms with van der Waals surface area (Å²) < 4.78 is 18.8. The molecule has 2 N–H and O–H groups in total. The number of hydrogen-bond acceptors (Lipinski definition) is 2. The van der Waals surface area contributed by atoms with E-state index in [2.05, 4.69) is 0 Å². The van der Waals surface area contributed by atoms with Gasteiger partial charge in [0, 0.05) is 11.6 Å². The molecular formula is C16H17ClFNO. The zero-order valence-electron chi connectivity index (χ0n) is 11.5. The first-order valence-electron chi connectivity index (χ1n) is 6.35. The number of nitrogens with two attached hydrogens (primary N) is 1. The molecule has 4 heteroatoms. The van der Waals surface area contributed by atoms with Gasteiger partial charge < -0.3 is 10.5 Å². The third-order valence-electron chi connectivity index (χ3n) is 3.23. The van der Waals surface area contributed by atoms with E-state index in [-0.39, 0.29) is 11.1 Å². The molecular weight excluding hydrogens is 277 g/mol. The standard InChI is InChI=1S/C16H17ClFNO/c1-10-3-5-12(16(7-10)20-2)15(19)9-11-4-6-13(17)14(18)8-11/h3-8,15H,9,19H2,1-2H3. The van der Waals surface area contributed by atoms with Gasteiger partial charge >= 0.3 is 0 Å². The number of aryl methyl sites for hydroxylation is 1. The molecule has 2 aromatic rings. The van der Waals surface area contributed by atoms with Crippen molar-refractivity contribution >= 4 is 11.6 Å². The van der Waals surface area contributed by atoms with Gasteiger partial charge in [0.1, 0.15) is 11.6 Å². The quantitative estimate of drug-likeness (QED) is 0.923. The summed E-state index contributed by atoms with van der Waals surface area (Å²) in [6.07, 6.45) is 0.521. The summed E-state index contributed by atoms with van der Waals surface area (Å²) in [7, 11) is 1.62. The fourth-order valence-electron chi connectivity index (χ4n) is 2.16. The Morgan fingerprint density at radius 3 is 2.65 bits per heavy atom. The number of rotatable bonds is 4. The van der Waals surface area contributed by atoms with Crippen LogP contribution in [0.15, 0.2) is 36.4 Å². The van der Waals surface area contributed by atoms with Gasteiger partial charge in [-0.15, -0.1) is 0 Å². The molecule has 0 bridgehead atoms. The van der Waals surface area contributed by atoms with Gasteiger partial charge in [-0.3, -0.25) is 0 Å². The highest BCUT2D eigenvalue weighted by atomic mass is 35.5. The minimum atomic E-state index is -0.424. The second-order valence-electron chi connectivity index (χ2n) is 4.80. The molecule has 0 radical (unpaired) electrons. The minimum Gasteiger partial charge on any atom is -0.496 e. The van der Waals surface area contributed by atoms with Crippen molar-refractivity contribution in [2.75, 3.05) is 7.11 Å². The third-order valence-corrected chi connectivity index (χ3v) is 3.53. The Labute approximate surface area is 123 Å². The highest BCUT2D eigenvalue weighted by Crippen LogP contribution is 2.28. The van der Waals surface area contributed by atoms with Crippen LogP contribution in [0.3, 0.4) is 0 Å². The predicted molar refractivity (Wildman–Crippen MR) is 79.8 cm³/mol. The Hall–Kier alpha value is -1.58. The van der Waals surface area contributed by atoms with Gasteiger partial charge in [-0.05, 0) is 42.7 Å². The lowest BCUT2D eigenvalue weighted by Crippen LogP contribution is -2.14. The Bertz CT molecular complexity index is 615. The number of benzene rings is 2. The van der Waals surface area contributed by atoms with Crippen molar-refractivity contribution in [3.63, 3.8) is 0 Å². The molecule has 106 valence electrons. The van der Waals surface area contributed by atoms with Crippen molar-refractivity contribution in [2.24, 2.45) is 5.73 Å². The number of halogens is 2. The van der Waals surface area contributed by atoms with Gasteiger partial charge in [0.05, 0.1) is 12.1 Å². The molecule has 0 spiro atoms. The molecule has 1 atom stereocenters. The highest BCUT2D eigenvalue weighted by Gasteiger charge is 2.13. The van der Waals surface area contributed by atoms with E-state index < -0.39 is 5.82 Å². The molecule has 2 rings (SSSR count). The molecule has 0 saturated carbocycles. The van der Waals surface area contributed by atoms with Gasteiger partial charge in [-0.25, -0.2) is 4.39 Å². The summed E-state index contributed by atoms with van der Waals surface area (Å²) in [4.78, 5) is 0. The summed E-state index contributed by atoms with van der Waals surface area (Å²) in [5, 5.41) is 0.121. The van der Waals surface area contributed by atoms with E-state index in [1.165, 1.54) is 6.07 Å². The van der Waals surface area contributed by atoms with Crippen LogP contribution < -0.4 is 10.5 Å². The van der Waals surface area contributed by atoms with Crippen molar-refractivity contribution in [1.82, 2.24) is 0 Å². The van der Waals surface area contributed by atoms with E-state index in [0.717, 1.165) is 22.4 Å². The monoisotopic (exact) mass is 293 g/mol. The van der Waals surface area contributed by atoms with Crippen molar-refractivity contribution < 1.29 is 9.13 Å². The van der Waals surface area contributed by atoms with Crippen LogP contribution in [0.5, 0.6) is 5.75 Å². The molecule has 2 nitrogen and oxygen atoms in total. The smallest absolute Gasteiger partial charge is 0.142 e. The Balaban J connectivity index is 2.23. The summed E-state index contributed by atoms with van der Waals surface area (Å²) in [5.74, 6) is 0.333. The Kier molecular flexibility index (Phi) is 4.63. The third kappa shape index (κ3) is 3.30. The molecule has 1 unspecified atom stereocenters. The van der Waals surface area contributed by atoms with E-state index in [1.54, 1.807) is 19.2 Å². The molecule has 0 amide bonds. The second kappa shape index (κ2) is 6.25. The zero-order chi connectivity index (χ0) is 14.7. The van der Waals surface area contributed by atoms with Gasteiger partial charge in [-0.2, -0.15) is 0 Å². The Morgan fingerprint density at radius 1 is 1.25 bits per heavy atom. The van der Waals surface area contributed by atoms with Crippen molar-refractivity contribution in [3.05, 3.63) is 63.9 Å². The SMILES string of the molecule is COc1cc(C)ccc1C(N)Cc1ccc(Cl)c(F)c1. The number of ether oxygens (including phenoxy) is 1. The van der Waals surface area contributed by atoms with Crippen molar-refractivity contribution in [2.45, 2.75) is 19.4 Å². The molecule has 0 aliphatic heterocycles. The molecule has 0 aromatic heterocycles. The Morgan fingerprint density at radius 2 is 2.00 bits per heavy atom. The van der Waals surface area contributed by atoms with Crippen LogP contribution in [0, 0.1) is 12.7 Å². The lowest BCUT2D eigenvalue weighted by molar-refractivity contribution is 0.405. The van der Waals surface area contributed by atoms with Crippen LogP contribution >= 0.6 is 11.6 Å². The molecule has 0 fully saturated rings. The normalized spacial score (nSPS) is 12.2. The van der Waals surface area contributed by atoms with Crippen LogP contribution in [0.1, 0.15) is 22.7 Å². The van der Waals surface area contributed by atoms with E-state index >= 15 is 0 Å². The second-order valence-corrected chi connectivity index (χ2v) is 5.21. The number of methoxy groups -OCH3 is 1. The fraction of sp³-hybridized carbons (Fsp3) is 0.250. The molecule has 2 aromatic carbocycles. The summed E-state index contributed by atoms with van der Waals surface area (Å²) in [6.45, 7) is 1.99. The molecule has 0 aliphatic rings. The highest BCUT2D eigenvalue weighted by molar-refractivity contribution is 6.30. The van der Waals surface area contributed by atoms with Gasteiger partial charge in [-0.1, -0.05) is 29.8 Å². The van der Waals surface area contributed by atoms with Crippen molar-refractivity contribution in [1.29, 1.82) is 0 Å². The van der Waals surface area contributed by atoms with Crippen LogP contribution in [-0.2, 0) is 6.42 Å². The first-order valence-corrected chi connectivity index (χ1v) is 6.73. The molecule has 0 heterocycles. The van der Waals surface area contributed by atoms with Gasteiger partial charge in [0.15, 0.2) is 0 Å². The fourth-order valence-corrected chi connectivity index (χ4v) is 2.27. The van der Waals surface area contributed by atoms with E-state index in [1.807, 2.05) is 25.1 Å². The number of hydrogen-bond donors (Lipinski definition) is 1.